The molecule has 0 atom stereocenters. The lowest BCUT2D eigenvalue weighted by atomic mass is 10.2. The van der Waals surface area contributed by atoms with Crippen LogP contribution in [0, 0.1) is 12.7 Å². The summed E-state index contributed by atoms with van der Waals surface area (Å²) in [6, 6.07) is 4.56. The van der Waals surface area contributed by atoms with Crippen LogP contribution in [0.5, 0.6) is 0 Å². The molecule has 3 aromatic rings. The Bertz CT molecular complexity index is 766. The maximum absolute atomic E-state index is 12.9. The van der Waals surface area contributed by atoms with E-state index in [0.717, 1.165) is 11.9 Å². The first-order valence-electron chi connectivity index (χ1n) is 5.52. The first-order chi connectivity index (χ1) is 9.06. The molecule has 0 N–H and O–H groups in total. The number of nitrogens with zero attached hydrogens (tertiary/aromatic N) is 3. The van der Waals surface area contributed by atoms with Crippen LogP contribution >= 0.6 is 23.2 Å². The molecule has 0 unspecified atom stereocenters. The SMILES string of the molecule is Cc1c(-c2ccc(F)cn2)nc2c(Cl)cc(Cl)cn12. The Labute approximate surface area is 118 Å². The molecule has 0 radical (unpaired) electrons. The standard InChI is InChI=1S/C13H8Cl2FN3/c1-7-12(11-3-2-9(16)5-17-11)18-13-10(15)4-8(14)6-19(7)13/h2-6H,1H3. The van der Waals surface area contributed by atoms with Crippen molar-refractivity contribution in [1.29, 1.82) is 0 Å². The van der Waals surface area contributed by atoms with Gasteiger partial charge in [0, 0.05) is 11.9 Å². The highest BCUT2D eigenvalue weighted by atomic mass is 35.5. The normalized spacial score (nSPS) is 11.2. The molecule has 0 aliphatic rings. The molecule has 0 bridgehead atoms. The van der Waals surface area contributed by atoms with E-state index in [1.54, 1.807) is 22.7 Å². The molecule has 0 aromatic carbocycles. The minimum Gasteiger partial charge on any atom is -0.301 e. The Kier molecular flexibility index (Phi) is 2.92. The monoisotopic (exact) mass is 295 g/mol. The van der Waals surface area contributed by atoms with Crippen LogP contribution in [-0.4, -0.2) is 14.4 Å². The second-order valence-electron chi connectivity index (χ2n) is 4.11. The van der Waals surface area contributed by atoms with Gasteiger partial charge in [0.1, 0.15) is 11.5 Å². The Morgan fingerprint density at radius 1 is 1.26 bits per heavy atom. The summed E-state index contributed by atoms with van der Waals surface area (Å²) in [6.45, 7) is 1.88. The lowest BCUT2D eigenvalue weighted by Crippen LogP contribution is -1.89. The highest BCUT2D eigenvalue weighted by molar-refractivity contribution is 6.36. The molecule has 96 valence electrons. The largest absolute Gasteiger partial charge is 0.301 e. The molecule has 0 aliphatic carbocycles. The number of imidazole rings is 1. The average molecular weight is 296 g/mol. The Morgan fingerprint density at radius 3 is 2.74 bits per heavy atom. The summed E-state index contributed by atoms with van der Waals surface area (Å²) in [4.78, 5) is 8.47. The summed E-state index contributed by atoms with van der Waals surface area (Å²) in [5, 5.41) is 0.987. The van der Waals surface area contributed by atoms with E-state index in [2.05, 4.69) is 9.97 Å². The molecular formula is C13H8Cl2FN3. The van der Waals surface area contributed by atoms with Crippen molar-refractivity contribution in [2.45, 2.75) is 6.92 Å². The van der Waals surface area contributed by atoms with Gasteiger partial charge in [0.05, 0.1) is 21.9 Å². The fourth-order valence-electron chi connectivity index (χ4n) is 1.94. The molecule has 3 heterocycles. The fraction of sp³-hybridized carbons (Fsp3) is 0.0769. The molecule has 3 nitrogen and oxygen atoms in total. The third kappa shape index (κ3) is 2.07. The van der Waals surface area contributed by atoms with Gasteiger partial charge in [0.25, 0.3) is 0 Å². The molecular weight excluding hydrogens is 288 g/mol. The number of aromatic nitrogens is 3. The lowest BCUT2D eigenvalue weighted by Gasteiger charge is -2.00. The van der Waals surface area contributed by atoms with E-state index >= 15 is 0 Å². The van der Waals surface area contributed by atoms with E-state index in [1.165, 1.54) is 6.07 Å². The molecule has 0 amide bonds. The van der Waals surface area contributed by atoms with Crippen LogP contribution in [0.4, 0.5) is 4.39 Å². The first kappa shape index (κ1) is 12.4. The summed E-state index contributed by atoms with van der Waals surface area (Å²) in [5.74, 6) is -0.383. The van der Waals surface area contributed by atoms with Gasteiger partial charge in [-0.15, -0.1) is 0 Å². The second kappa shape index (κ2) is 4.47. The minimum absolute atomic E-state index is 0.383. The summed E-state index contributed by atoms with van der Waals surface area (Å²) in [7, 11) is 0. The Morgan fingerprint density at radius 2 is 2.05 bits per heavy atom. The molecule has 0 saturated carbocycles. The van der Waals surface area contributed by atoms with Crippen LogP contribution in [0.2, 0.25) is 10.0 Å². The predicted molar refractivity (Wildman–Crippen MR) is 73.1 cm³/mol. The van der Waals surface area contributed by atoms with Gasteiger partial charge in [-0.05, 0) is 25.1 Å². The maximum atomic E-state index is 12.9. The molecule has 19 heavy (non-hydrogen) atoms. The van der Waals surface area contributed by atoms with Gasteiger partial charge >= 0.3 is 0 Å². The number of fused-ring (bicyclic) bond motifs is 1. The third-order valence-electron chi connectivity index (χ3n) is 2.85. The zero-order chi connectivity index (χ0) is 13.6. The van der Waals surface area contributed by atoms with Gasteiger partial charge in [0.2, 0.25) is 0 Å². The van der Waals surface area contributed by atoms with Gasteiger partial charge in [-0.25, -0.2) is 9.37 Å². The van der Waals surface area contributed by atoms with Gasteiger partial charge in [0.15, 0.2) is 5.65 Å². The molecule has 3 rings (SSSR count). The summed E-state index contributed by atoms with van der Waals surface area (Å²) in [5.41, 5.74) is 2.70. The van der Waals surface area contributed by atoms with Crippen molar-refractivity contribution in [3.8, 4) is 11.4 Å². The smallest absolute Gasteiger partial charge is 0.156 e. The van der Waals surface area contributed by atoms with Crippen molar-refractivity contribution in [1.82, 2.24) is 14.4 Å². The van der Waals surface area contributed by atoms with E-state index in [4.69, 9.17) is 23.2 Å². The highest BCUT2D eigenvalue weighted by Gasteiger charge is 2.14. The maximum Gasteiger partial charge on any atom is 0.156 e. The summed E-state index contributed by atoms with van der Waals surface area (Å²) in [6.07, 6.45) is 2.89. The van der Waals surface area contributed by atoms with E-state index < -0.39 is 0 Å². The molecule has 3 aromatic heterocycles. The first-order valence-corrected chi connectivity index (χ1v) is 6.27. The molecule has 0 fully saturated rings. The number of hydrogen-bond acceptors (Lipinski definition) is 2. The summed E-state index contributed by atoms with van der Waals surface area (Å²) >= 11 is 12.1. The number of pyridine rings is 2. The summed E-state index contributed by atoms with van der Waals surface area (Å²) < 4.78 is 14.7. The van der Waals surface area contributed by atoms with Crippen LogP contribution in [0.15, 0.2) is 30.6 Å². The topological polar surface area (TPSA) is 30.2 Å². The minimum atomic E-state index is -0.383. The number of hydrogen-bond donors (Lipinski definition) is 0. The quantitative estimate of drug-likeness (QED) is 0.675. The Balaban J connectivity index is 2.28. The van der Waals surface area contributed by atoms with Crippen LogP contribution in [0.25, 0.3) is 17.0 Å². The Hall–Kier alpha value is -1.65. The predicted octanol–water partition coefficient (Wildman–Crippen LogP) is 4.15. The average Bonchev–Trinajstić information content (AvgIpc) is 2.69. The van der Waals surface area contributed by atoms with E-state index in [1.807, 2.05) is 6.92 Å². The number of halogens is 3. The second-order valence-corrected chi connectivity index (χ2v) is 4.95. The van der Waals surface area contributed by atoms with Gasteiger partial charge < -0.3 is 4.40 Å². The highest BCUT2D eigenvalue weighted by Crippen LogP contribution is 2.28. The lowest BCUT2D eigenvalue weighted by molar-refractivity contribution is 0.622. The number of rotatable bonds is 1. The third-order valence-corrected chi connectivity index (χ3v) is 3.34. The zero-order valence-corrected chi connectivity index (χ0v) is 11.4. The molecule has 0 saturated heterocycles. The van der Waals surface area contributed by atoms with Crippen molar-refractivity contribution < 1.29 is 4.39 Å². The van der Waals surface area contributed by atoms with Crippen molar-refractivity contribution in [3.05, 3.63) is 52.1 Å². The van der Waals surface area contributed by atoms with Crippen LogP contribution < -0.4 is 0 Å². The van der Waals surface area contributed by atoms with Gasteiger partial charge in [-0.2, -0.15) is 0 Å². The number of aryl methyl sites for hydroxylation is 1. The van der Waals surface area contributed by atoms with Crippen LogP contribution in [0.3, 0.4) is 0 Å². The van der Waals surface area contributed by atoms with Crippen LogP contribution in [0.1, 0.15) is 5.69 Å². The van der Waals surface area contributed by atoms with Crippen molar-refractivity contribution in [2.24, 2.45) is 0 Å². The van der Waals surface area contributed by atoms with E-state index in [-0.39, 0.29) is 5.82 Å². The zero-order valence-electron chi connectivity index (χ0n) is 9.86. The van der Waals surface area contributed by atoms with Crippen LogP contribution in [-0.2, 0) is 0 Å². The molecule has 0 aliphatic heterocycles. The van der Waals surface area contributed by atoms with Gasteiger partial charge in [-0.1, -0.05) is 23.2 Å². The van der Waals surface area contributed by atoms with E-state index in [0.29, 0.717) is 27.1 Å². The van der Waals surface area contributed by atoms with E-state index in [9.17, 15) is 4.39 Å². The van der Waals surface area contributed by atoms with Crippen molar-refractivity contribution >= 4 is 28.8 Å². The van der Waals surface area contributed by atoms with Gasteiger partial charge in [-0.3, -0.25) is 4.98 Å². The van der Waals surface area contributed by atoms with Crippen molar-refractivity contribution in [3.63, 3.8) is 0 Å². The fourth-order valence-corrected chi connectivity index (χ4v) is 2.46. The van der Waals surface area contributed by atoms with Crippen molar-refractivity contribution in [2.75, 3.05) is 0 Å². The molecule has 0 spiro atoms. The molecule has 6 heteroatoms.